The number of nitrogen functional groups attached to an aromatic ring is 1. The first kappa shape index (κ1) is 8.63. The van der Waals surface area contributed by atoms with E-state index in [0.717, 1.165) is 0 Å². The van der Waals surface area contributed by atoms with Crippen molar-refractivity contribution in [3.63, 3.8) is 0 Å². The van der Waals surface area contributed by atoms with Crippen molar-refractivity contribution in [1.29, 1.82) is 0 Å². The third kappa shape index (κ3) is 1.41. The standard InChI is InChI=1S/C6H5F3N2O/c7-3-1-2(12)4(10)5(11-3)6(8)9/h1,6H,10H2,(H,11,12). The molecule has 6 heteroatoms. The minimum absolute atomic E-state index is 0.515. The number of aromatic amines is 1. The van der Waals surface area contributed by atoms with Gasteiger partial charge in [0.1, 0.15) is 11.4 Å². The SMILES string of the molecule is Nc1c(C(F)F)[nH]c(F)cc1=O. The van der Waals surface area contributed by atoms with Gasteiger partial charge in [-0.05, 0) is 0 Å². The quantitative estimate of drug-likeness (QED) is 0.631. The minimum Gasteiger partial charge on any atom is -0.394 e. The Kier molecular flexibility index (Phi) is 2.07. The summed E-state index contributed by atoms with van der Waals surface area (Å²) >= 11 is 0. The van der Waals surface area contributed by atoms with E-state index in [0.29, 0.717) is 6.07 Å². The molecule has 1 heterocycles. The highest BCUT2D eigenvalue weighted by molar-refractivity contribution is 5.42. The van der Waals surface area contributed by atoms with Crippen molar-refractivity contribution < 1.29 is 13.2 Å². The van der Waals surface area contributed by atoms with Crippen LogP contribution >= 0.6 is 0 Å². The zero-order valence-corrected chi connectivity index (χ0v) is 5.77. The molecule has 0 aliphatic heterocycles. The first-order valence-corrected chi connectivity index (χ1v) is 2.98. The second-order valence-electron chi connectivity index (χ2n) is 2.11. The number of hydrogen-bond donors (Lipinski definition) is 2. The fourth-order valence-electron chi connectivity index (χ4n) is 0.730. The number of nitrogens with two attached hydrogens (primary N) is 1. The third-order valence-corrected chi connectivity index (χ3v) is 1.29. The highest BCUT2D eigenvalue weighted by Crippen LogP contribution is 2.19. The van der Waals surface area contributed by atoms with Crippen molar-refractivity contribution in [3.8, 4) is 0 Å². The summed E-state index contributed by atoms with van der Waals surface area (Å²) in [6.45, 7) is 0. The van der Waals surface area contributed by atoms with Crippen LogP contribution in [0.15, 0.2) is 10.9 Å². The van der Waals surface area contributed by atoms with Gasteiger partial charge in [-0.25, -0.2) is 8.78 Å². The molecule has 3 nitrogen and oxygen atoms in total. The van der Waals surface area contributed by atoms with Crippen molar-refractivity contribution in [2.45, 2.75) is 6.43 Å². The molecule has 1 aromatic rings. The summed E-state index contributed by atoms with van der Waals surface area (Å²) in [6, 6.07) is 0.515. The van der Waals surface area contributed by atoms with Gasteiger partial charge in [-0.2, -0.15) is 4.39 Å². The Morgan fingerprint density at radius 1 is 1.50 bits per heavy atom. The zero-order chi connectivity index (χ0) is 9.30. The molecule has 0 atom stereocenters. The Morgan fingerprint density at radius 3 is 2.58 bits per heavy atom. The molecule has 0 fully saturated rings. The monoisotopic (exact) mass is 178 g/mol. The van der Waals surface area contributed by atoms with Gasteiger partial charge >= 0.3 is 0 Å². The topological polar surface area (TPSA) is 58.9 Å². The number of anilines is 1. The first-order chi connectivity index (χ1) is 5.52. The number of pyridine rings is 1. The highest BCUT2D eigenvalue weighted by atomic mass is 19.3. The Bertz CT molecular complexity index is 347. The maximum atomic E-state index is 12.3. The van der Waals surface area contributed by atoms with Crippen LogP contribution in [0.25, 0.3) is 0 Å². The predicted octanol–water partition coefficient (Wildman–Crippen LogP) is 1.03. The van der Waals surface area contributed by atoms with Crippen LogP contribution in [-0.2, 0) is 0 Å². The molecule has 0 aliphatic carbocycles. The largest absolute Gasteiger partial charge is 0.394 e. The maximum Gasteiger partial charge on any atom is 0.280 e. The summed E-state index contributed by atoms with van der Waals surface area (Å²) < 4.78 is 36.3. The van der Waals surface area contributed by atoms with Crippen LogP contribution < -0.4 is 11.2 Å². The van der Waals surface area contributed by atoms with Crippen molar-refractivity contribution in [2.24, 2.45) is 0 Å². The summed E-state index contributed by atoms with van der Waals surface area (Å²) in [5.41, 5.74) is 2.50. The molecule has 1 aromatic heterocycles. The predicted molar refractivity (Wildman–Crippen MR) is 36.4 cm³/mol. The van der Waals surface area contributed by atoms with Crippen LogP contribution in [0, 0.1) is 5.95 Å². The Labute approximate surface area is 65.0 Å². The second-order valence-corrected chi connectivity index (χ2v) is 2.11. The van der Waals surface area contributed by atoms with E-state index in [1.54, 1.807) is 4.98 Å². The Hall–Kier alpha value is -1.46. The number of nitrogens with one attached hydrogen (secondary N) is 1. The lowest BCUT2D eigenvalue weighted by Crippen LogP contribution is -2.14. The van der Waals surface area contributed by atoms with Gasteiger partial charge in [-0.15, -0.1) is 0 Å². The molecule has 1 rings (SSSR count). The van der Waals surface area contributed by atoms with Gasteiger partial charge < -0.3 is 10.7 Å². The molecule has 0 unspecified atom stereocenters. The lowest BCUT2D eigenvalue weighted by molar-refractivity contribution is 0.145. The molecule has 12 heavy (non-hydrogen) atoms. The molecule has 0 saturated carbocycles. The van der Waals surface area contributed by atoms with E-state index < -0.39 is 29.2 Å². The molecular weight excluding hydrogens is 173 g/mol. The molecule has 0 bridgehead atoms. The smallest absolute Gasteiger partial charge is 0.280 e. The van der Waals surface area contributed by atoms with Crippen LogP contribution in [0.4, 0.5) is 18.9 Å². The van der Waals surface area contributed by atoms with Crippen LogP contribution in [0.3, 0.4) is 0 Å². The van der Waals surface area contributed by atoms with E-state index in [4.69, 9.17) is 5.73 Å². The summed E-state index contributed by atoms with van der Waals surface area (Å²) in [6.07, 6.45) is -2.98. The summed E-state index contributed by atoms with van der Waals surface area (Å²) in [7, 11) is 0. The van der Waals surface area contributed by atoms with Crippen LogP contribution in [0.5, 0.6) is 0 Å². The number of hydrogen-bond acceptors (Lipinski definition) is 2. The van der Waals surface area contributed by atoms with Gasteiger partial charge in [-0.1, -0.05) is 0 Å². The van der Waals surface area contributed by atoms with E-state index in [1.165, 1.54) is 0 Å². The number of H-pyrrole nitrogens is 1. The summed E-state index contributed by atoms with van der Waals surface area (Å²) in [5.74, 6) is -1.12. The van der Waals surface area contributed by atoms with E-state index in [1.807, 2.05) is 0 Å². The van der Waals surface area contributed by atoms with E-state index >= 15 is 0 Å². The number of rotatable bonds is 1. The lowest BCUT2D eigenvalue weighted by atomic mass is 10.3. The van der Waals surface area contributed by atoms with Crippen molar-refractivity contribution in [2.75, 3.05) is 5.73 Å². The fraction of sp³-hybridized carbons (Fsp3) is 0.167. The van der Waals surface area contributed by atoms with Gasteiger partial charge in [0.15, 0.2) is 5.95 Å². The van der Waals surface area contributed by atoms with Crippen LogP contribution in [-0.4, -0.2) is 4.98 Å². The molecule has 0 saturated heterocycles. The van der Waals surface area contributed by atoms with Crippen molar-refractivity contribution >= 4 is 5.69 Å². The van der Waals surface area contributed by atoms with E-state index in [2.05, 4.69) is 0 Å². The van der Waals surface area contributed by atoms with E-state index in [-0.39, 0.29) is 0 Å². The third-order valence-electron chi connectivity index (χ3n) is 1.29. The average molecular weight is 178 g/mol. The molecule has 0 amide bonds. The van der Waals surface area contributed by atoms with Gasteiger partial charge in [0.2, 0.25) is 5.43 Å². The lowest BCUT2D eigenvalue weighted by Gasteiger charge is -2.02. The maximum absolute atomic E-state index is 12.3. The Morgan fingerprint density at radius 2 is 2.08 bits per heavy atom. The van der Waals surface area contributed by atoms with Crippen LogP contribution in [0.1, 0.15) is 12.1 Å². The average Bonchev–Trinajstić information content (AvgIpc) is 1.96. The molecule has 66 valence electrons. The van der Waals surface area contributed by atoms with Crippen LogP contribution in [0.2, 0.25) is 0 Å². The zero-order valence-electron chi connectivity index (χ0n) is 5.77. The molecular formula is C6H5F3N2O. The molecule has 0 radical (unpaired) electrons. The van der Waals surface area contributed by atoms with Gasteiger partial charge in [-0.3, -0.25) is 4.79 Å². The van der Waals surface area contributed by atoms with Crippen molar-refractivity contribution in [3.05, 3.63) is 27.9 Å². The highest BCUT2D eigenvalue weighted by Gasteiger charge is 2.15. The van der Waals surface area contributed by atoms with Gasteiger partial charge in [0, 0.05) is 6.07 Å². The normalized spacial score (nSPS) is 10.7. The molecule has 0 aliphatic rings. The van der Waals surface area contributed by atoms with E-state index in [9.17, 15) is 18.0 Å². The van der Waals surface area contributed by atoms with Gasteiger partial charge in [0.25, 0.3) is 6.43 Å². The second kappa shape index (κ2) is 2.88. The number of alkyl halides is 2. The Balaban J connectivity index is 3.38. The molecule has 0 aromatic carbocycles. The minimum atomic E-state index is -2.98. The molecule has 3 N–H and O–H groups in total. The fourth-order valence-corrected chi connectivity index (χ4v) is 0.730. The van der Waals surface area contributed by atoms with Crippen molar-refractivity contribution in [1.82, 2.24) is 4.98 Å². The summed E-state index contributed by atoms with van der Waals surface area (Å²) in [5, 5.41) is 0. The van der Waals surface area contributed by atoms with Gasteiger partial charge in [0.05, 0.1) is 0 Å². The number of halogens is 3. The molecule has 0 spiro atoms. The summed E-state index contributed by atoms with van der Waals surface area (Å²) in [4.78, 5) is 12.3. The number of aromatic nitrogens is 1. The first-order valence-electron chi connectivity index (χ1n) is 2.98.